The fourth-order valence-electron chi connectivity index (χ4n) is 1.25. The normalized spacial score (nSPS) is 12.7. The van der Waals surface area contributed by atoms with Crippen molar-refractivity contribution in [1.82, 2.24) is 0 Å². The summed E-state index contributed by atoms with van der Waals surface area (Å²) in [5.41, 5.74) is 2.04. The second-order valence-electron chi connectivity index (χ2n) is 3.09. The second kappa shape index (κ2) is 4.11. The number of aliphatic hydroxyl groups excluding tert-OH is 1. The van der Waals surface area contributed by atoms with E-state index in [0.717, 1.165) is 21.3 Å². The van der Waals surface area contributed by atoms with E-state index in [1.807, 2.05) is 26.0 Å². The number of benzene rings is 1. The lowest BCUT2D eigenvalue weighted by atomic mass is 10.1. The molecule has 0 aliphatic heterocycles. The van der Waals surface area contributed by atoms with Crippen LogP contribution in [0.2, 0.25) is 0 Å². The van der Waals surface area contributed by atoms with Gasteiger partial charge in [-0.2, -0.15) is 0 Å². The summed E-state index contributed by atoms with van der Waals surface area (Å²) < 4.78 is 6.29. The SMILES string of the molecule is Cc1cc(Br)cc(C)c1OC(C)O. The van der Waals surface area contributed by atoms with Crippen molar-refractivity contribution >= 4 is 15.9 Å². The summed E-state index contributed by atoms with van der Waals surface area (Å²) in [4.78, 5) is 0. The van der Waals surface area contributed by atoms with Crippen LogP contribution in [0.15, 0.2) is 16.6 Å². The number of hydrogen-bond donors (Lipinski definition) is 1. The van der Waals surface area contributed by atoms with E-state index in [4.69, 9.17) is 9.84 Å². The average molecular weight is 245 g/mol. The van der Waals surface area contributed by atoms with Crippen molar-refractivity contribution in [3.05, 3.63) is 27.7 Å². The first-order chi connectivity index (χ1) is 6.00. The quantitative estimate of drug-likeness (QED) is 0.812. The molecule has 1 N–H and O–H groups in total. The standard InChI is InChI=1S/C10H13BrO2/c1-6-4-9(11)5-7(2)10(6)13-8(3)12/h4-5,8,12H,1-3H3. The number of ether oxygens (including phenoxy) is 1. The van der Waals surface area contributed by atoms with Gasteiger partial charge in [0.1, 0.15) is 5.75 Å². The zero-order valence-corrected chi connectivity index (χ0v) is 9.55. The van der Waals surface area contributed by atoms with Crippen molar-refractivity contribution in [2.45, 2.75) is 27.1 Å². The summed E-state index contributed by atoms with van der Waals surface area (Å²) in [6.07, 6.45) is -0.765. The molecule has 1 rings (SSSR count). The Morgan fingerprint density at radius 1 is 1.31 bits per heavy atom. The minimum Gasteiger partial charge on any atom is -0.465 e. The highest BCUT2D eigenvalue weighted by molar-refractivity contribution is 9.10. The van der Waals surface area contributed by atoms with Crippen LogP contribution in [0.25, 0.3) is 0 Å². The molecule has 1 aromatic carbocycles. The topological polar surface area (TPSA) is 29.5 Å². The molecule has 0 saturated heterocycles. The first-order valence-corrected chi connectivity index (χ1v) is 4.91. The van der Waals surface area contributed by atoms with Crippen molar-refractivity contribution in [3.63, 3.8) is 0 Å². The zero-order chi connectivity index (χ0) is 10.0. The monoisotopic (exact) mass is 244 g/mol. The summed E-state index contributed by atoms with van der Waals surface area (Å²) in [5.74, 6) is 0.762. The molecule has 0 radical (unpaired) electrons. The highest BCUT2D eigenvalue weighted by Crippen LogP contribution is 2.27. The van der Waals surface area contributed by atoms with Gasteiger partial charge < -0.3 is 9.84 Å². The van der Waals surface area contributed by atoms with Crippen LogP contribution in [0, 0.1) is 13.8 Å². The molecule has 0 aliphatic rings. The van der Waals surface area contributed by atoms with Gasteiger partial charge in [-0.1, -0.05) is 15.9 Å². The van der Waals surface area contributed by atoms with Crippen LogP contribution in [0.3, 0.4) is 0 Å². The van der Waals surface area contributed by atoms with Gasteiger partial charge in [0.25, 0.3) is 0 Å². The molecule has 13 heavy (non-hydrogen) atoms. The van der Waals surface area contributed by atoms with Gasteiger partial charge in [0.2, 0.25) is 0 Å². The van der Waals surface area contributed by atoms with Crippen LogP contribution in [0.4, 0.5) is 0 Å². The number of aliphatic hydroxyl groups is 1. The van der Waals surface area contributed by atoms with Crippen molar-refractivity contribution in [2.75, 3.05) is 0 Å². The Kier molecular flexibility index (Phi) is 3.33. The summed E-state index contributed by atoms with van der Waals surface area (Å²) in [6, 6.07) is 3.93. The third-order valence-corrected chi connectivity index (χ3v) is 2.17. The third kappa shape index (κ3) is 2.71. The molecule has 1 unspecified atom stereocenters. The van der Waals surface area contributed by atoms with E-state index in [1.54, 1.807) is 6.92 Å². The average Bonchev–Trinajstić information content (AvgIpc) is 1.96. The van der Waals surface area contributed by atoms with Crippen molar-refractivity contribution in [2.24, 2.45) is 0 Å². The summed E-state index contributed by atoms with van der Waals surface area (Å²) in [6.45, 7) is 5.51. The van der Waals surface area contributed by atoms with E-state index in [0.29, 0.717) is 0 Å². The van der Waals surface area contributed by atoms with Gasteiger partial charge in [0, 0.05) is 4.47 Å². The maximum atomic E-state index is 9.09. The van der Waals surface area contributed by atoms with E-state index in [-0.39, 0.29) is 0 Å². The van der Waals surface area contributed by atoms with Gasteiger partial charge in [0.15, 0.2) is 6.29 Å². The molecule has 0 spiro atoms. The van der Waals surface area contributed by atoms with Gasteiger partial charge in [-0.25, -0.2) is 0 Å². The first-order valence-electron chi connectivity index (χ1n) is 4.12. The van der Waals surface area contributed by atoms with Crippen LogP contribution in [0.5, 0.6) is 5.75 Å². The maximum absolute atomic E-state index is 9.09. The lowest BCUT2D eigenvalue weighted by Crippen LogP contribution is -2.11. The molecule has 0 bridgehead atoms. The predicted octanol–water partition coefficient (Wildman–Crippen LogP) is 2.78. The molecule has 0 saturated carbocycles. The molecule has 72 valence electrons. The highest BCUT2D eigenvalue weighted by atomic mass is 79.9. The van der Waals surface area contributed by atoms with Gasteiger partial charge in [-0.05, 0) is 44.0 Å². The molecule has 3 heteroatoms. The Hall–Kier alpha value is -0.540. The van der Waals surface area contributed by atoms with Gasteiger partial charge >= 0.3 is 0 Å². The zero-order valence-electron chi connectivity index (χ0n) is 7.97. The molecule has 1 atom stereocenters. The number of halogens is 1. The number of aryl methyl sites for hydroxylation is 2. The number of hydrogen-bond acceptors (Lipinski definition) is 2. The van der Waals surface area contributed by atoms with Crippen molar-refractivity contribution in [1.29, 1.82) is 0 Å². The van der Waals surface area contributed by atoms with Gasteiger partial charge in [-0.15, -0.1) is 0 Å². The summed E-state index contributed by atoms with van der Waals surface area (Å²) >= 11 is 3.40. The largest absolute Gasteiger partial charge is 0.465 e. The molecule has 0 fully saturated rings. The molecular weight excluding hydrogens is 232 g/mol. The van der Waals surface area contributed by atoms with Crippen molar-refractivity contribution < 1.29 is 9.84 Å². The predicted molar refractivity (Wildman–Crippen MR) is 55.9 cm³/mol. The Labute approximate surface area is 86.7 Å². The molecule has 0 amide bonds. The minimum absolute atomic E-state index is 0.762. The Morgan fingerprint density at radius 3 is 2.15 bits per heavy atom. The van der Waals surface area contributed by atoms with E-state index in [2.05, 4.69) is 15.9 Å². The smallest absolute Gasteiger partial charge is 0.194 e. The van der Waals surface area contributed by atoms with Crippen LogP contribution < -0.4 is 4.74 Å². The van der Waals surface area contributed by atoms with Gasteiger partial charge in [0.05, 0.1) is 0 Å². The lowest BCUT2D eigenvalue weighted by Gasteiger charge is -2.14. The highest BCUT2D eigenvalue weighted by Gasteiger charge is 2.07. The van der Waals surface area contributed by atoms with Crippen LogP contribution >= 0.6 is 15.9 Å². The fourth-order valence-corrected chi connectivity index (χ4v) is 1.94. The van der Waals surface area contributed by atoms with E-state index in [9.17, 15) is 0 Å². The number of rotatable bonds is 2. The lowest BCUT2D eigenvalue weighted by molar-refractivity contribution is -0.00133. The molecule has 2 nitrogen and oxygen atoms in total. The Morgan fingerprint density at radius 2 is 1.77 bits per heavy atom. The van der Waals surface area contributed by atoms with Gasteiger partial charge in [-0.3, -0.25) is 0 Å². The molecular formula is C10H13BrO2. The van der Waals surface area contributed by atoms with E-state index >= 15 is 0 Å². The van der Waals surface area contributed by atoms with Crippen LogP contribution in [-0.4, -0.2) is 11.4 Å². The Balaban J connectivity index is 3.06. The van der Waals surface area contributed by atoms with Crippen molar-refractivity contribution in [3.8, 4) is 5.75 Å². The minimum atomic E-state index is -0.765. The molecule has 0 aromatic heterocycles. The maximum Gasteiger partial charge on any atom is 0.194 e. The fraction of sp³-hybridized carbons (Fsp3) is 0.400. The van der Waals surface area contributed by atoms with E-state index < -0.39 is 6.29 Å². The molecule has 0 aliphatic carbocycles. The van der Waals surface area contributed by atoms with E-state index in [1.165, 1.54) is 0 Å². The molecule has 0 heterocycles. The first kappa shape index (κ1) is 10.5. The second-order valence-corrected chi connectivity index (χ2v) is 4.00. The summed E-state index contributed by atoms with van der Waals surface area (Å²) in [7, 11) is 0. The van der Waals surface area contributed by atoms with Crippen LogP contribution in [-0.2, 0) is 0 Å². The van der Waals surface area contributed by atoms with Crippen LogP contribution in [0.1, 0.15) is 18.1 Å². The summed E-state index contributed by atoms with van der Waals surface area (Å²) in [5, 5.41) is 9.09. The third-order valence-electron chi connectivity index (χ3n) is 1.71. The Bertz CT molecular complexity index is 285. The molecule has 1 aromatic rings.